The predicted molar refractivity (Wildman–Crippen MR) is 79.6 cm³/mol. The molecule has 0 aliphatic carbocycles. The Bertz CT molecular complexity index is 476. The molecule has 1 aliphatic heterocycles. The van der Waals surface area contributed by atoms with Gasteiger partial charge in [0, 0.05) is 55.4 Å². The molecule has 1 saturated heterocycles. The van der Waals surface area contributed by atoms with Crippen LogP contribution in [-0.4, -0.2) is 59.2 Å². The molecule has 7 heteroatoms. The van der Waals surface area contributed by atoms with Crippen molar-refractivity contribution in [2.24, 2.45) is 0 Å². The third-order valence-corrected chi connectivity index (χ3v) is 4.01. The molecule has 1 heterocycles. The summed E-state index contributed by atoms with van der Waals surface area (Å²) in [6.45, 7) is 5.00. The summed E-state index contributed by atoms with van der Waals surface area (Å²) in [6, 6.07) is 5.20. The molecule has 0 bridgehead atoms. The molecule has 0 unspecified atom stereocenters. The topological polar surface area (TPSA) is 69.9 Å². The fourth-order valence-electron chi connectivity index (χ4n) is 2.39. The molecule has 0 radical (unpaired) electrons. The van der Waals surface area contributed by atoms with Crippen LogP contribution in [0.1, 0.15) is 5.56 Å². The summed E-state index contributed by atoms with van der Waals surface area (Å²) in [4.78, 5) is 15.2. The minimum absolute atomic E-state index is 0.164. The first-order chi connectivity index (χ1) is 9.60. The van der Waals surface area contributed by atoms with Gasteiger partial charge in [0.2, 0.25) is 0 Å². The summed E-state index contributed by atoms with van der Waals surface area (Å²) < 4.78 is 0.723. The Morgan fingerprint density at radius 1 is 1.25 bits per heavy atom. The first-order valence-electron chi connectivity index (χ1n) is 6.58. The number of nitro groups is 1. The van der Waals surface area contributed by atoms with Crippen molar-refractivity contribution >= 4 is 21.6 Å². The van der Waals surface area contributed by atoms with Gasteiger partial charge in [-0.2, -0.15) is 0 Å². The van der Waals surface area contributed by atoms with Crippen LogP contribution < -0.4 is 0 Å². The summed E-state index contributed by atoms with van der Waals surface area (Å²) in [5, 5.41) is 20.0. The Morgan fingerprint density at radius 2 is 1.90 bits per heavy atom. The van der Waals surface area contributed by atoms with Crippen molar-refractivity contribution in [3.8, 4) is 0 Å². The summed E-state index contributed by atoms with van der Waals surface area (Å²) in [5.74, 6) is 0. The maximum Gasteiger partial charge on any atom is 0.275 e. The Hall–Kier alpha value is -1.02. The third kappa shape index (κ3) is 3.99. The van der Waals surface area contributed by atoms with Gasteiger partial charge in [0.15, 0.2) is 0 Å². The van der Waals surface area contributed by atoms with E-state index in [4.69, 9.17) is 5.11 Å². The molecule has 0 saturated carbocycles. The van der Waals surface area contributed by atoms with Crippen LogP contribution in [0.3, 0.4) is 0 Å². The molecule has 110 valence electrons. The molecule has 2 rings (SSSR count). The summed E-state index contributed by atoms with van der Waals surface area (Å²) >= 11 is 3.27. The van der Waals surface area contributed by atoms with Gasteiger partial charge in [0.25, 0.3) is 5.69 Å². The highest BCUT2D eigenvalue weighted by molar-refractivity contribution is 9.10. The van der Waals surface area contributed by atoms with E-state index in [0.717, 1.165) is 36.2 Å². The second-order valence-corrected chi connectivity index (χ2v) is 5.79. The molecule has 1 N–H and O–H groups in total. The molecular formula is C13H18BrN3O3. The minimum Gasteiger partial charge on any atom is -0.395 e. The number of hydrogen-bond acceptors (Lipinski definition) is 5. The van der Waals surface area contributed by atoms with Gasteiger partial charge in [-0.15, -0.1) is 0 Å². The molecule has 0 atom stereocenters. The van der Waals surface area contributed by atoms with Gasteiger partial charge >= 0.3 is 0 Å². The van der Waals surface area contributed by atoms with Crippen LogP contribution in [0.15, 0.2) is 22.7 Å². The average molecular weight is 344 g/mol. The fourth-order valence-corrected chi connectivity index (χ4v) is 2.74. The van der Waals surface area contributed by atoms with Crippen LogP contribution in [0.5, 0.6) is 0 Å². The van der Waals surface area contributed by atoms with Crippen LogP contribution >= 0.6 is 15.9 Å². The van der Waals surface area contributed by atoms with Gasteiger partial charge < -0.3 is 5.11 Å². The third-order valence-electron chi connectivity index (χ3n) is 3.52. The van der Waals surface area contributed by atoms with Crippen LogP contribution in [0.4, 0.5) is 5.69 Å². The van der Waals surface area contributed by atoms with Gasteiger partial charge in [-0.1, -0.05) is 15.9 Å². The van der Waals surface area contributed by atoms with Gasteiger partial charge in [-0.25, -0.2) is 0 Å². The van der Waals surface area contributed by atoms with Crippen LogP contribution in [0, 0.1) is 10.1 Å². The lowest BCUT2D eigenvalue weighted by Crippen LogP contribution is -2.46. The standard InChI is InChI=1S/C13H18BrN3O3/c14-12-2-1-11(13(9-12)17(19)20)10-16-5-3-15(4-6-16)7-8-18/h1-2,9,18H,3-8,10H2. The molecule has 1 aromatic rings. The predicted octanol–water partition coefficient (Wildman–Crippen LogP) is 1.47. The van der Waals surface area contributed by atoms with E-state index in [1.54, 1.807) is 6.07 Å². The number of hydrogen-bond donors (Lipinski definition) is 1. The maximum atomic E-state index is 11.1. The van der Waals surface area contributed by atoms with Crippen molar-refractivity contribution in [3.63, 3.8) is 0 Å². The monoisotopic (exact) mass is 343 g/mol. The normalized spacial score (nSPS) is 17.3. The highest BCUT2D eigenvalue weighted by Gasteiger charge is 2.20. The Morgan fingerprint density at radius 3 is 2.50 bits per heavy atom. The second kappa shape index (κ2) is 7.12. The van der Waals surface area contributed by atoms with E-state index >= 15 is 0 Å². The molecule has 1 aromatic carbocycles. The largest absolute Gasteiger partial charge is 0.395 e. The molecule has 0 aromatic heterocycles. The van der Waals surface area contributed by atoms with E-state index in [1.165, 1.54) is 0 Å². The number of nitrogens with zero attached hydrogens (tertiary/aromatic N) is 3. The number of aliphatic hydroxyl groups is 1. The number of rotatable bonds is 5. The molecule has 0 amide bonds. The molecular weight excluding hydrogens is 326 g/mol. The van der Waals surface area contributed by atoms with Crippen molar-refractivity contribution < 1.29 is 10.0 Å². The van der Waals surface area contributed by atoms with E-state index in [9.17, 15) is 10.1 Å². The molecule has 6 nitrogen and oxygen atoms in total. The van der Waals surface area contributed by atoms with E-state index in [0.29, 0.717) is 13.1 Å². The highest BCUT2D eigenvalue weighted by Crippen LogP contribution is 2.25. The first-order valence-corrected chi connectivity index (χ1v) is 7.38. The van der Waals surface area contributed by atoms with Gasteiger partial charge in [-0.05, 0) is 12.1 Å². The SMILES string of the molecule is O=[N+]([O-])c1cc(Br)ccc1CN1CCN(CCO)CC1. The number of β-amino-alcohol motifs (C(OH)–C–C–N with tert-alkyl or cyclic N) is 1. The lowest BCUT2D eigenvalue weighted by atomic mass is 10.1. The number of nitro benzene ring substituents is 1. The zero-order valence-corrected chi connectivity index (χ0v) is 12.8. The first kappa shape index (κ1) is 15.4. The van der Waals surface area contributed by atoms with Crippen molar-refractivity contribution in [1.29, 1.82) is 0 Å². The number of halogens is 1. The fraction of sp³-hybridized carbons (Fsp3) is 0.538. The maximum absolute atomic E-state index is 11.1. The van der Waals surface area contributed by atoms with E-state index in [1.807, 2.05) is 12.1 Å². The van der Waals surface area contributed by atoms with Crippen LogP contribution in [-0.2, 0) is 6.54 Å². The molecule has 1 fully saturated rings. The number of benzene rings is 1. The van der Waals surface area contributed by atoms with Gasteiger partial charge in [0.1, 0.15) is 0 Å². The van der Waals surface area contributed by atoms with Crippen molar-refractivity contribution in [3.05, 3.63) is 38.3 Å². The van der Waals surface area contributed by atoms with E-state index in [2.05, 4.69) is 25.7 Å². The Kier molecular flexibility index (Phi) is 5.47. The Balaban J connectivity index is 1.99. The summed E-state index contributed by atoms with van der Waals surface area (Å²) in [7, 11) is 0. The van der Waals surface area contributed by atoms with E-state index in [-0.39, 0.29) is 17.2 Å². The second-order valence-electron chi connectivity index (χ2n) is 4.87. The van der Waals surface area contributed by atoms with Gasteiger partial charge in [-0.3, -0.25) is 19.9 Å². The molecule has 20 heavy (non-hydrogen) atoms. The van der Waals surface area contributed by atoms with Crippen LogP contribution in [0.2, 0.25) is 0 Å². The minimum atomic E-state index is -0.331. The average Bonchev–Trinajstić information content (AvgIpc) is 2.43. The van der Waals surface area contributed by atoms with Crippen molar-refractivity contribution in [1.82, 2.24) is 9.80 Å². The molecule has 0 spiro atoms. The van der Waals surface area contributed by atoms with E-state index < -0.39 is 0 Å². The lowest BCUT2D eigenvalue weighted by molar-refractivity contribution is -0.385. The summed E-state index contributed by atoms with van der Waals surface area (Å²) in [6.07, 6.45) is 0. The highest BCUT2D eigenvalue weighted by atomic mass is 79.9. The lowest BCUT2D eigenvalue weighted by Gasteiger charge is -2.34. The van der Waals surface area contributed by atoms with Gasteiger partial charge in [0.05, 0.1) is 11.5 Å². The number of aliphatic hydroxyl groups excluding tert-OH is 1. The molecule has 1 aliphatic rings. The zero-order chi connectivity index (χ0) is 14.5. The number of piperazine rings is 1. The Labute approximate surface area is 126 Å². The quantitative estimate of drug-likeness (QED) is 0.647. The zero-order valence-electron chi connectivity index (χ0n) is 11.2. The van der Waals surface area contributed by atoms with Crippen molar-refractivity contribution in [2.75, 3.05) is 39.3 Å². The summed E-state index contributed by atoms with van der Waals surface area (Å²) in [5.41, 5.74) is 0.908. The van der Waals surface area contributed by atoms with Crippen molar-refractivity contribution in [2.45, 2.75) is 6.54 Å². The van der Waals surface area contributed by atoms with Crippen LogP contribution in [0.25, 0.3) is 0 Å². The smallest absolute Gasteiger partial charge is 0.275 e.